The lowest BCUT2D eigenvalue weighted by Gasteiger charge is -2.28. The predicted octanol–water partition coefficient (Wildman–Crippen LogP) is 3.68. The van der Waals surface area contributed by atoms with Crippen LogP contribution >= 0.6 is 0 Å². The Morgan fingerprint density at radius 3 is 2.29 bits per heavy atom. The molecule has 1 fully saturated rings. The third-order valence-electron chi connectivity index (χ3n) is 3.58. The monoisotopic (exact) mass is 243 g/mol. The number of nitrogens with two attached hydrogens (primary N) is 1. The lowest BCUT2D eigenvalue weighted by molar-refractivity contribution is 0.300. The zero-order chi connectivity index (χ0) is 12.4. The van der Waals surface area contributed by atoms with E-state index in [2.05, 4.69) is 0 Å². The molecule has 0 bridgehead atoms. The van der Waals surface area contributed by atoms with Crippen molar-refractivity contribution in [3.05, 3.63) is 35.1 Å². The Labute approximate surface area is 98.8 Å². The molecular weight excluding hydrogens is 227 g/mol. The van der Waals surface area contributed by atoms with Crippen molar-refractivity contribution in [3.63, 3.8) is 0 Å². The maximum Gasteiger partial charge on any atom is 0.194 e. The van der Waals surface area contributed by atoms with E-state index >= 15 is 0 Å². The molecule has 0 radical (unpaired) electrons. The van der Waals surface area contributed by atoms with Crippen molar-refractivity contribution in [1.82, 2.24) is 0 Å². The van der Waals surface area contributed by atoms with Gasteiger partial charge in [0.15, 0.2) is 17.5 Å². The first kappa shape index (κ1) is 12.4. The molecular formula is C13H16F3N. The van der Waals surface area contributed by atoms with Crippen molar-refractivity contribution in [2.45, 2.75) is 38.1 Å². The fraction of sp³-hybridized carbons (Fsp3) is 0.538. The Bertz CT molecular complexity index is 400. The molecule has 0 aromatic heterocycles. The molecule has 0 aliphatic heterocycles. The Morgan fingerprint density at radius 2 is 1.65 bits per heavy atom. The van der Waals surface area contributed by atoms with Gasteiger partial charge in [-0.25, -0.2) is 13.2 Å². The van der Waals surface area contributed by atoms with Crippen LogP contribution in [0.4, 0.5) is 13.2 Å². The average Bonchev–Trinajstić information content (AvgIpc) is 2.36. The second-order valence-electron chi connectivity index (χ2n) is 4.69. The highest BCUT2D eigenvalue weighted by Gasteiger charge is 2.26. The van der Waals surface area contributed by atoms with E-state index in [9.17, 15) is 13.2 Å². The van der Waals surface area contributed by atoms with E-state index < -0.39 is 23.5 Å². The topological polar surface area (TPSA) is 26.0 Å². The molecule has 0 amide bonds. The van der Waals surface area contributed by atoms with Gasteiger partial charge < -0.3 is 5.73 Å². The van der Waals surface area contributed by atoms with Gasteiger partial charge in [-0.1, -0.05) is 25.3 Å². The van der Waals surface area contributed by atoms with Crippen molar-refractivity contribution in [2.24, 2.45) is 11.7 Å². The Hall–Kier alpha value is -1.03. The highest BCUT2D eigenvalue weighted by Crippen LogP contribution is 2.34. The van der Waals surface area contributed by atoms with Crippen LogP contribution in [0.2, 0.25) is 0 Å². The zero-order valence-corrected chi connectivity index (χ0v) is 9.56. The SMILES string of the molecule is N[C@H](c1ccc(F)c(F)c1F)C1CCCCC1. The average molecular weight is 243 g/mol. The Kier molecular flexibility index (Phi) is 3.72. The molecule has 1 nitrogen and oxygen atoms in total. The summed E-state index contributed by atoms with van der Waals surface area (Å²) < 4.78 is 39.5. The van der Waals surface area contributed by atoms with E-state index in [-0.39, 0.29) is 11.5 Å². The minimum atomic E-state index is -1.42. The summed E-state index contributed by atoms with van der Waals surface area (Å²) in [5.41, 5.74) is 6.05. The van der Waals surface area contributed by atoms with Crippen LogP contribution in [0, 0.1) is 23.4 Å². The van der Waals surface area contributed by atoms with Crippen LogP contribution in [0.5, 0.6) is 0 Å². The highest BCUT2D eigenvalue weighted by atomic mass is 19.2. The Morgan fingerprint density at radius 1 is 1.00 bits per heavy atom. The summed E-state index contributed by atoms with van der Waals surface area (Å²) in [5.74, 6) is -3.55. The van der Waals surface area contributed by atoms with E-state index in [1.54, 1.807) is 0 Å². The second-order valence-corrected chi connectivity index (χ2v) is 4.69. The largest absolute Gasteiger partial charge is 0.324 e. The van der Waals surface area contributed by atoms with Crippen LogP contribution in [0.3, 0.4) is 0 Å². The third-order valence-corrected chi connectivity index (χ3v) is 3.58. The quantitative estimate of drug-likeness (QED) is 0.788. The number of hydrogen-bond acceptors (Lipinski definition) is 1. The normalized spacial score (nSPS) is 19.3. The zero-order valence-electron chi connectivity index (χ0n) is 9.56. The second kappa shape index (κ2) is 5.08. The number of hydrogen-bond donors (Lipinski definition) is 1. The molecule has 1 aromatic carbocycles. The van der Waals surface area contributed by atoms with Crippen LogP contribution in [0.1, 0.15) is 43.7 Å². The van der Waals surface area contributed by atoms with Gasteiger partial charge in [0.1, 0.15) is 0 Å². The van der Waals surface area contributed by atoms with Gasteiger partial charge in [0, 0.05) is 11.6 Å². The van der Waals surface area contributed by atoms with Crippen LogP contribution in [0.15, 0.2) is 12.1 Å². The molecule has 1 aliphatic rings. The molecule has 0 unspecified atom stereocenters. The number of rotatable bonds is 2. The van der Waals surface area contributed by atoms with E-state index in [1.165, 1.54) is 12.5 Å². The van der Waals surface area contributed by atoms with Crippen molar-refractivity contribution >= 4 is 0 Å². The van der Waals surface area contributed by atoms with Crippen LogP contribution in [-0.4, -0.2) is 0 Å². The molecule has 1 aromatic rings. The molecule has 17 heavy (non-hydrogen) atoms. The Balaban J connectivity index is 2.24. The summed E-state index contributed by atoms with van der Waals surface area (Å²) in [5, 5.41) is 0. The summed E-state index contributed by atoms with van der Waals surface area (Å²) >= 11 is 0. The first-order valence-electron chi connectivity index (χ1n) is 6.00. The van der Waals surface area contributed by atoms with Gasteiger partial charge in [0.25, 0.3) is 0 Å². The molecule has 1 aliphatic carbocycles. The molecule has 2 rings (SSSR count). The van der Waals surface area contributed by atoms with Gasteiger partial charge in [0.2, 0.25) is 0 Å². The maximum atomic E-state index is 13.6. The van der Waals surface area contributed by atoms with Gasteiger partial charge in [-0.2, -0.15) is 0 Å². The molecule has 1 atom stereocenters. The fourth-order valence-electron chi connectivity index (χ4n) is 2.55. The van der Waals surface area contributed by atoms with Crippen molar-refractivity contribution in [1.29, 1.82) is 0 Å². The van der Waals surface area contributed by atoms with Gasteiger partial charge >= 0.3 is 0 Å². The highest BCUT2D eigenvalue weighted by molar-refractivity contribution is 5.24. The molecule has 2 N–H and O–H groups in total. The predicted molar refractivity (Wildman–Crippen MR) is 59.8 cm³/mol. The van der Waals surface area contributed by atoms with Gasteiger partial charge in [-0.05, 0) is 24.8 Å². The van der Waals surface area contributed by atoms with Crippen molar-refractivity contribution < 1.29 is 13.2 Å². The molecule has 0 spiro atoms. The minimum absolute atomic E-state index is 0.0933. The van der Waals surface area contributed by atoms with Crippen molar-refractivity contribution in [2.75, 3.05) is 0 Å². The smallest absolute Gasteiger partial charge is 0.194 e. The standard InChI is InChI=1S/C13H16F3N/c14-10-7-6-9(11(15)12(10)16)13(17)8-4-2-1-3-5-8/h6-8,13H,1-5,17H2/t13-/m0/s1. The summed E-state index contributed by atoms with van der Waals surface area (Å²) in [4.78, 5) is 0. The summed E-state index contributed by atoms with van der Waals surface area (Å²) in [6.07, 6.45) is 5.18. The van der Waals surface area contributed by atoms with E-state index in [4.69, 9.17) is 5.73 Å². The van der Waals surface area contributed by atoms with E-state index in [0.717, 1.165) is 31.7 Å². The van der Waals surface area contributed by atoms with Gasteiger partial charge in [-0.3, -0.25) is 0 Å². The summed E-state index contributed by atoms with van der Waals surface area (Å²) in [6.45, 7) is 0. The minimum Gasteiger partial charge on any atom is -0.324 e. The number of halogens is 3. The van der Waals surface area contributed by atoms with Gasteiger partial charge in [0.05, 0.1) is 0 Å². The first-order chi connectivity index (χ1) is 8.11. The molecule has 0 saturated heterocycles. The van der Waals surface area contributed by atoms with E-state index in [1.807, 2.05) is 0 Å². The lowest BCUT2D eigenvalue weighted by atomic mass is 9.81. The van der Waals surface area contributed by atoms with Crippen molar-refractivity contribution in [3.8, 4) is 0 Å². The molecule has 94 valence electrons. The maximum absolute atomic E-state index is 13.6. The molecule has 1 saturated carbocycles. The molecule has 0 heterocycles. The first-order valence-corrected chi connectivity index (χ1v) is 6.00. The summed E-state index contributed by atoms with van der Waals surface area (Å²) in [6, 6.07) is 1.66. The molecule has 4 heteroatoms. The van der Waals surface area contributed by atoms with Crippen LogP contribution in [-0.2, 0) is 0 Å². The fourth-order valence-corrected chi connectivity index (χ4v) is 2.55. The van der Waals surface area contributed by atoms with Crippen LogP contribution < -0.4 is 5.73 Å². The third kappa shape index (κ3) is 2.46. The number of benzene rings is 1. The van der Waals surface area contributed by atoms with E-state index in [0.29, 0.717) is 0 Å². The van der Waals surface area contributed by atoms with Gasteiger partial charge in [-0.15, -0.1) is 0 Å². The lowest BCUT2D eigenvalue weighted by Crippen LogP contribution is -2.25. The van der Waals surface area contributed by atoms with Crippen LogP contribution in [0.25, 0.3) is 0 Å². The summed E-state index contributed by atoms with van der Waals surface area (Å²) in [7, 11) is 0.